The maximum absolute atomic E-state index is 10.9. The second-order valence-electron chi connectivity index (χ2n) is 5.30. The average molecular weight is 263 g/mol. The number of benzene rings is 1. The van der Waals surface area contributed by atoms with Crippen LogP contribution in [0.3, 0.4) is 0 Å². The summed E-state index contributed by atoms with van der Waals surface area (Å²) < 4.78 is 0. The number of nitrogens with two attached hydrogens (primary N) is 1. The Hall–Kier alpha value is -1.62. The van der Waals surface area contributed by atoms with Crippen molar-refractivity contribution in [1.82, 2.24) is 4.90 Å². The Labute approximate surface area is 113 Å². The number of rotatable bonds is 4. The number of anilines is 1. The zero-order valence-corrected chi connectivity index (χ0v) is 11.3. The van der Waals surface area contributed by atoms with E-state index in [1.807, 2.05) is 6.07 Å². The van der Waals surface area contributed by atoms with Crippen LogP contribution in [0.5, 0.6) is 0 Å². The van der Waals surface area contributed by atoms with Gasteiger partial charge in [-0.1, -0.05) is 19.4 Å². The second-order valence-corrected chi connectivity index (χ2v) is 5.30. The molecular formula is C14H21N3O2. The molecule has 1 aliphatic rings. The number of hydrogen-bond acceptors (Lipinski definition) is 4. The van der Waals surface area contributed by atoms with E-state index in [-0.39, 0.29) is 11.4 Å². The molecule has 0 aliphatic carbocycles. The zero-order valence-electron chi connectivity index (χ0n) is 11.3. The minimum absolute atomic E-state index is 0.0153. The molecule has 1 atom stereocenters. The molecule has 1 aromatic carbocycles. The highest BCUT2D eigenvalue weighted by Gasteiger charge is 2.19. The largest absolute Gasteiger partial charge is 0.393 e. The van der Waals surface area contributed by atoms with Crippen molar-refractivity contribution >= 4 is 11.4 Å². The first-order valence-electron chi connectivity index (χ1n) is 6.85. The van der Waals surface area contributed by atoms with Gasteiger partial charge in [-0.25, -0.2) is 0 Å². The van der Waals surface area contributed by atoms with Crippen molar-refractivity contribution in [2.45, 2.75) is 32.7 Å². The van der Waals surface area contributed by atoms with Gasteiger partial charge < -0.3 is 5.73 Å². The summed E-state index contributed by atoms with van der Waals surface area (Å²) in [6.45, 7) is 5.17. The molecule has 0 bridgehead atoms. The Bertz CT molecular complexity index is 462. The zero-order chi connectivity index (χ0) is 13.8. The highest BCUT2D eigenvalue weighted by molar-refractivity contribution is 5.59. The summed E-state index contributed by atoms with van der Waals surface area (Å²) in [6, 6.07) is 5.12. The van der Waals surface area contributed by atoms with Crippen molar-refractivity contribution in [3.63, 3.8) is 0 Å². The van der Waals surface area contributed by atoms with Crippen LogP contribution in [0.15, 0.2) is 18.2 Å². The molecule has 0 radical (unpaired) electrons. The highest BCUT2D eigenvalue weighted by Crippen LogP contribution is 2.25. The fourth-order valence-corrected chi connectivity index (χ4v) is 2.73. The molecule has 0 spiro atoms. The van der Waals surface area contributed by atoms with E-state index in [1.54, 1.807) is 12.1 Å². The maximum Gasteiger partial charge on any atom is 0.292 e. The summed E-state index contributed by atoms with van der Waals surface area (Å²) in [5.74, 6) is 0.762. The van der Waals surface area contributed by atoms with E-state index >= 15 is 0 Å². The quantitative estimate of drug-likeness (QED) is 0.515. The van der Waals surface area contributed by atoms with E-state index in [0.29, 0.717) is 0 Å². The highest BCUT2D eigenvalue weighted by atomic mass is 16.6. The van der Waals surface area contributed by atoms with Gasteiger partial charge in [0.15, 0.2) is 0 Å². The van der Waals surface area contributed by atoms with Gasteiger partial charge in [-0.15, -0.1) is 0 Å². The van der Waals surface area contributed by atoms with Crippen LogP contribution in [0.25, 0.3) is 0 Å². The first-order valence-corrected chi connectivity index (χ1v) is 6.85. The van der Waals surface area contributed by atoms with Gasteiger partial charge in [0.25, 0.3) is 5.69 Å². The lowest BCUT2D eigenvalue weighted by Gasteiger charge is -2.32. The van der Waals surface area contributed by atoms with Gasteiger partial charge in [0.2, 0.25) is 0 Å². The normalized spacial score (nSPS) is 20.4. The molecule has 0 saturated carbocycles. The Balaban J connectivity index is 2.06. The van der Waals surface area contributed by atoms with E-state index in [9.17, 15) is 10.1 Å². The summed E-state index contributed by atoms with van der Waals surface area (Å²) in [5.41, 5.74) is 6.83. The number of likely N-dealkylation sites (tertiary alicyclic amines) is 1. The van der Waals surface area contributed by atoms with Crippen LogP contribution in [0, 0.1) is 16.0 Å². The van der Waals surface area contributed by atoms with E-state index in [4.69, 9.17) is 5.73 Å². The fourth-order valence-electron chi connectivity index (χ4n) is 2.73. The van der Waals surface area contributed by atoms with Gasteiger partial charge in [-0.2, -0.15) is 0 Å². The monoisotopic (exact) mass is 263 g/mol. The van der Waals surface area contributed by atoms with E-state index in [1.165, 1.54) is 19.3 Å². The predicted molar refractivity (Wildman–Crippen MR) is 75.8 cm³/mol. The van der Waals surface area contributed by atoms with Crippen LogP contribution in [-0.4, -0.2) is 22.9 Å². The molecule has 1 fully saturated rings. The predicted octanol–water partition coefficient (Wildman–Crippen LogP) is 2.80. The third kappa shape index (κ3) is 3.44. The number of nitrogen functional groups attached to an aromatic ring is 1. The molecule has 1 aliphatic heterocycles. The number of piperidine rings is 1. The summed E-state index contributed by atoms with van der Waals surface area (Å²) in [7, 11) is 0. The summed E-state index contributed by atoms with van der Waals surface area (Å²) >= 11 is 0. The minimum atomic E-state index is -0.413. The first kappa shape index (κ1) is 13.8. The van der Waals surface area contributed by atoms with Crippen LogP contribution >= 0.6 is 0 Å². The van der Waals surface area contributed by atoms with Crippen LogP contribution in [0.4, 0.5) is 11.4 Å². The summed E-state index contributed by atoms with van der Waals surface area (Å²) in [4.78, 5) is 12.8. The van der Waals surface area contributed by atoms with Crippen molar-refractivity contribution in [3.05, 3.63) is 33.9 Å². The molecule has 1 unspecified atom stereocenters. The number of nitro benzene ring substituents is 1. The van der Waals surface area contributed by atoms with E-state index in [0.717, 1.165) is 31.1 Å². The Morgan fingerprint density at radius 2 is 2.32 bits per heavy atom. The van der Waals surface area contributed by atoms with Crippen LogP contribution < -0.4 is 5.73 Å². The van der Waals surface area contributed by atoms with Crippen molar-refractivity contribution < 1.29 is 4.92 Å². The topological polar surface area (TPSA) is 72.4 Å². The van der Waals surface area contributed by atoms with Gasteiger partial charge in [-0.05, 0) is 36.9 Å². The van der Waals surface area contributed by atoms with E-state index < -0.39 is 4.92 Å². The number of hydrogen-bond donors (Lipinski definition) is 1. The van der Waals surface area contributed by atoms with Crippen molar-refractivity contribution in [2.75, 3.05) is 18.8 Å². The minimum Gasteiger partial charge on any atom is -0.393 e. The summed E-state index contributed by atoms with van der Waals surface area (Å²) in [5, 5.41) is 10.9. The lowest BCUT2D eigenvalue weighted by Crippen LogP contribution is -2.34. The maximum atomic E-state index is 10.9. The van der Waals surface area contributed by atoms with Gasteiger partial charge in [-0.3, -0.25) is 15.0 Å². The number of nitro groups is 1. The molecule has 2 rings (SSSR count). The van der Waals surface area contributed by atoms with Crippen LogP contribution in [-0.2, 0) is 6.54 Å². The van der Waals surface area contributed by atoms with Crippen LogP contribution in [0.1, 0.15) is 31.7 Å². The molecule has 0 amide bonds. The van der Waals surface area contributed by atoms with Gasteiger partial charge in [0, 0.05) is 19.2 Å². The third-order valence-corrected chi connectivity index (χ3v) is 3.88. The SMILES string of the molecule is CCC1CCCN(Cc2ccc(N)c([N+](=O)[O-])c2)C1. The fraction of sp³-hybridized carbons (Fsp3) is 0.571. The van der Waals surface area contributed by atoms with Crippen molar-refractivity contribution in [3.8, 4) is 0 Å². The molecule has 104 valence electrons. The van der Waals surface area contributed by atoms with E-state index in [2.05, 4.69) is 11.8 Å². The van der Waals surface area contributed by atoms with Gasteiger partial charge in [0.1, 0.15) is 5.69 Å². The van der Waals surface area contributed by atoms with Crippen molar-refractivity contribution in [2.24, 2.45) is 5.92 Å². The average Bonchev–Trinajstić information content (AvgIpc) is 2.41. The molecule has 19 heavy (non-hydrogen) atoms. The molecular weight excluding hydrogens is 242 g/mol. The Morgan fingerprint density at radius 1 is 1.53 bits per heavy atom. The van der Waals surface area contributed by atoms with Gasteiger partial charge in [0.05, 0.1) is 4.92 Å². The standard InChI is InChI=1S/C14H21N3O2/c1-2-11-4-3-7-16(9-11)10-12-5-6-13(15)14(8-12)17(18)19/h5-6,8,11H,2-4,7,9-10,15H2,1H3. The lowest BCUT2D eigenvalue weighted by molar-refractivity contribution is -0.384. The van der Waals surface area contributed by atoms with Gasteiger partial charge >= 0.3 is 0 Å². The smallest absolute Gasteiger partial charge is 0.292 e. The Kier molecular flexibility index (Phi) is 4.37. The molecule has 1 aromatic rings. The molecule has 5 heteroatoms. The molecule has 1 saturated heterocycles. The van der Waals surface area contributed by atoms with Crippen LogP contribution in [0.2, 0.25) is 0 Å². The number of nitrogens with zero attached hydrogens (tertiary/aromatic N) is 2. The molecule has 0 aromatic heterocycles. The lowest BCUT2D eigenvalue weighted by atomic mass is 9.95. The summed E-state index contributed by atoms with van der Waals surface area (Å²) in [6.07, 6.45) is 3.73. The second kappa shape index (κ2) is 6.02. The first-order chi connectivity index (χ1) is 9.10. The third-order valence-electron chi connectivity index (χ3n) is 3.88. The molecule has 5 nitrogen and oxygen atoms in total. The van der Waals surface area contributed by atoms with Crippen molar-refractivity contribution in [1.29, 1.82) is 0 Å². The molecule has 2 N–H and O–H groups in total. The molecule has 1 heterocycles. The Morgan fingerprint density at radius 3 is 3.00 bits per heavy atom.